The number of hydrogen-bond donors (Lipinski definition) is 0. The summed E-state index contributed by atoms with van der Waals surface area (Å²) >= 11 is 0. The van der Waals surface area contributed by atoms with Gasteiger partial charge in [-0.2, -0.15) is 0 Å². The third kappa shape index (κ3) is 5.02. The molecule has 0 amide bonds. The van der Waals surface area contributed by atoms with Crippen molar-refractivity contribution in [1.29, 1.82) is 0 Å². The van der Waals surface area contributed by atoms with Gasteiger partial charge in [0.15, 0.2) is 0 Å². The average Bonchev–Trinajstić information content (AvgIpc) is 2.28. The molecule has 0 radical (unpaired) electrons. The highest BCUT2D eigenvalue weighted by atomic mass is 16.1. The lowest BCUT2D eigenvalue weighted by atomic mass is 10.1. The van der Waals surface area contributed by atoms with E-state index in [-0.39, 0.29) is 5.78 Å². The Kier molecular flexibility index (Phi) is 5.25. The molecule has 0 saturated heterocycles. The van der Waals surface area contributed by atoms with Gasteiger partial charge in [0, 0.05) is 12.0 Å². The first-order chi connectivity index (χ1) is 7.33. The fraction of sp³-hybridized carbons (Fsp3) is 0.357. The van der Waals surface area contributed by atoms with E-state index in [2.05, 4.69) is 18.8 Å². The van der Waals surface area contributed by atoms with Crippen LogP contribution in [0.5, 0.6) is 0 Å². The van der Waals surface area contributed by atoms with Crippen LogP contribution in [0.15, 0.2) is 30.3 Å². The van der Waals surface area contributed by atoms with Crippen molar-refractivity contribution in [2.45, 2.75) is 32.6 Å². The van der Waals surface area contributed by atoms with Crippen molar-refractivity contribution in [3.05, 3.63) is 35.9 Å². The standard InChI is InChI=1S/C14H16O/c1-2-3-5-10-14(15)12-11-13-8-6-4-7-9-13/h4,6-9H,2-3,5,10H2,1H3. The third-order valence-electron chi connectivity index (χ3n) is 2.13. The molecule has 0 N–H and O–H groups in total. The van der Waals surface area contributed by atoms with E-state index in [1.54, 1.807) is 0 Å². The number of benzene rings is 1. The van der Waals surface area contributed by atoms with Gasteiger partial charge in [0.05, 0.1) is 0 Å². The van der Waals surface area contributed by atoms with Crippen molar-refractivity contribution in [1.82, 2.24) is 0 Å². The first-order valence-corrected chi connectivity index (χ1v) is 5.43. The summed E-state index contributed by atoms with van der Waals surface area (Å²) in [5.41, 5.74) is 0.904. The van der Waals surface area contributed by atoms with Crippen LogP contribution in [-0.4, -0.2) is 5.78 Å². The van der Waals surface area contributed by atoms with Crippen LogP contribution in [0.3, 0.4) is 0 Å². The van der Waals surface area contributed by atoms with Crippen LogP contribution in [0.25, 0.3) is 0 Å². The van der Waals surface area contributed by atoms with Crippen molar-refractivity contribution >= 4 is 5.78 Å². The average molecular weight is 200 g/mol. The number of Topliss-reactive ketones (excluding diaryl/α,β-unsaturated/α-hetero) is 1. The van der Waals surface area contributed by atoms with Gasteiger partial charge in [-0.05, 0) is 24.5 Å². The molecular weight excluding hydrogens is 184 g/mol. The molecule has 0 spiro atoms. The largest absolute Gasteiger partial charge is 0.285 e. The predicted molar refractivity (Wildman–Crippen MR) is 62.5 cm³/mol. The minimum Gasteiger partial charge on any atom is -0.285 e. The number of hydrogen-bond acceptors (Lipinski definition) is 1. The number of ketones is 1. The molecule has 0 aliphatic heterocycles. The third-order valence-corrected chi connectivity index (χ3v) is 2.13. The minimum atomic E-state index is 0.0484. The van der Waals surface area contributed by atoms with E-state index in [1.165, 1.54) is 0 Å². The van der Waals surface area contributed by atoms with Gasteiger partial charge in [-0.15, -0.1) is 0 Å². The Balaban J connectivity index is 2.41. The van der Waals surface area contributed by atoms with Crippen molar-refractivity contribution in [3.8, 4) is 11.8 Å². The second kappa shape index (κ2) is 6.84. The van der Waals surface area contributed by atoms with Crippen LogP contribution < -0.4 is 0 Å². The molecule has 0 fully saturated rings. The van der Waals surface area contributed by atoms with E-state index in [4.69, 9.17) is 0 Å². The van der Waals surface area contributed by atoms with Crippen LogP contribution in [0, 0.1) is 11.8 Å². The molecule has 0 aliphatic rings. The molecule has 1 heteroatoms. The van der Waals surface area contributed by atoms with E-state index >= 15 is 0 Å². The molecule has 1 aromatic carbocycles. The summed E-state index contributed by atoms with van der Waals surface area (Å²) in [6.45, 7) is 2.13. The van der Waals surface area contributed by atoms with Gasteiger partial charge in [0.1, 0.15) is 0 Å². The number of unbranched alkanes of at least 4 members (excludes halogenated alkanes) is 2. The molecule has 0 heterocycles. The monoisotopic (exact) mass is 200 g/mol. The molecule has 0 bridgehead atoms. The van der Waals surface area contributed by atoms with Crippen molar-refractivity contribution in [3.63, 3.8) is 0 Å². The van der Waals surface area contributed by atoms with Crippen LogP contribution in [0.1, 0.15) is 38.2 Å². The maximum Gasteiger partial charge on any atom is 0.205 e. The van der Waals surface area contributed by atoms with Gasteiger partial charge in [0.2, 0.25) is 5.78 Å². The molecule has 0 aliphatic carbocycles. The Morgan fingerprint density at radius 2 is 1.93 bits per heavy atom. The molecular formula is C14H16O. The zero-order valence-electron chi connectivity index (χ0n) is 9.12. The maximum atomic E-state index is 11.3. The molecule has 15 heavy (non-hydrogen) atoms. The molecule has 78 valence electrons. The van der Waals surface area contributed by atoms with Gasteiger partial charge in [-0.1, -0.05) is 43.9 Å². The summed E-state index contributed by atoms with van der Waals surface area (Å²) in [7, 11) is 0. The smallest absolute Gasteiger partial charge is 0.205 e. The second-order valence-electron chi connectivity index (χ2n) is 3.50. The lowest BCUT2D eigenvalue weighted by Crippen LogP contribution is -1.92. The van der Waals surface area contributed by atoms with E-state index in [1.807, 2.05) is 30.3 Å². The van der Waals surface area contributed by atoms with Crippen LogP contribution >= 0.6 is 0 Å². The zero-order valence-corrected chi connectivity index (χ0v) is 9.12. The van der Waals surface area contributed by atoms with Crippen LogP contribution in [-0.2, 0) is 4.79 Å². The summed E-state index contributed by atoms with van der Waals surface area (Å²) in [4.78, 5) is 11.3. The Morgan fingerprint density at radius 3 is 2.60 bits per heavy atom. The summed E-state index contributed by atoms with van der Waals surface area (Å²) in [5.74, 6) is 5.59. The predicted octanol–water partition coefficient (Wildman–Crippen LogP) is 3.19. The molecule has 1 nitrogen and oxygen atoms in total. The van der Waals surface area contributed by atoms with Gasteiger partial charge in [-0.25, -0.2) is 0 Å². The topological polar surface area (TPSA) is 17.1 Å². The molecule has 0 aromatic heterocycles. The van der Waals surface area contributed by atoms with Crippen molar-refractivity contribution in [2.75, 3.05) is 0 Å². The van der Waals surface area contributed by atoms with Gasteiger partial charge in [-0.3, -0.25) is 4.79 Å². The molecule has 0 saturated carbocycles. The SMILES string of the molecule is CCCCCC(=O)C#Cc1ccccc1. The first-order valence-electron chi connectivity index (χ1n) is 5.43. The Bertz CT molecular complexity index is 354. The number of rotatable bonds is 4. The van der Waals surface area contributed by atoms with Gasteiger partial charge < -0.3 is 0 Å². The summed E-state index contributed by atoms with van der Waals surface area (Å²) in [6.07, 6.45) is 3.80. The van der Waals surface area contributed by atoms with E-state index in [9.17, 15) is 4.79 Å². The van der Waals surface area contributed by atoms with Crippen molar-refractivity contribution in [2.24, 2.45) is 0 Å². The molecule has 1 rings (SSSR count). The second-order valence-corrected chi connectivity index (χ2v) is 3.50. The summed E-state index contributed by atoms with van der Waals surface area (Å²) in [6, 6.07) is 9.60. The minimum absolute atomic E-state index is 0.0484. The van der Waals surface area contributed by atoms with Crippen LogP contribution in [0.2, 0.25) is 0 Å². The van der Waals surface area contributed by atoms with E-state index in [0.717, 1.165) is 24.8 Å². The highest BCUT2D eigenvalue weighted by molar-refractivity contribution is 5.95. The normalized spacial score (nSPS) is 9.13. The first kappa shape index (κ1) is 11.5. The maximum absolute atomic E-state index is 11.3. The fourth-order valence-electron chi connectivity index (χ4n) is 1.26. The van der Waals surface area contributed by atoms with Gasteiger partial charge >= 0.3 is 0 Å². The number of carbonyl (C=O) groups excluding carboxylic acids is 1. The quantitative estimate of drug-likeness (QED) is 0.539. The lowest BCUT2D eigenvalue weighted by molar-refractivity contribution is -0.113. The highest BCUT2D eigenvalue weighted by Crippen LogP contribution is 1.99. The van der Waals surface area contributed by atoms with E-state index in [0.29, 0.717) is 6.42 Å². The number of carbonyl (C=O) groups is 1. The Morgan fingerprint density at radius 1 is 1.20 bits per heavy atom. The van der Waals surface area contributed by atoms with Gasteiger partial charge in [0.25, 0.3) is 0 Å². The molecule has 0 atom stereocenters. The molecule has 1 aromatic rings. The zero-order chi connectivity index (χ0) is 10.9. The van der Waals surface area contributed by atoms with E-state index < -0.39 is 0 Å². The van der Waals surface area contributed by atoms with Crippen LogP contribution in [0.4, 0.5) is 0 Å². The summed E-state index contributed by atoms with van der Waals surface area (Å²) in [5, 5.41) is 0. The fourth-order valence-corrected chi connectivity index (χ4v) is 1.26. The highest BCUT2D eigenvalue weighted by Gasteiger charge is 1.95. The Labute approximate surface area is 91.5 Å². The Hall–Kier alpha value is -1.55. The van der Waals surface area contributed by atoms with Crippen molar-refractivity contribution < 1.29 is 4.79 Å². The lowest BCUT2D eigenvalue weighted by Gasteiger charge is -1.91. The summed E-state index contributed by atoms with van der Waals surface area (Å²) < 4.78 is 0. The molecule has 0 unspecified atom stereocenters.